The summed E-state index contributed by atoms with van der Waals surface area (Å²) in [5, 5.41) is 10.5. The first-order valence-corrected chi connectivity index (χ1v) is 8.02. The number of thiazole rings is 1. The molecule has 0 amide bonds. The molecular formula is C14H15N5O2S. The molecule has 4 heterocycles. The third-order valence-corrected chi connectivity index (χ3v) is 4.82. The van der Waals surface area contributed by atoms with Crippen molar-refractivity contribution in [2.45, 2.75) is 25.8 Å². The number of carbonyl (C=O) groups excluding carboxylic acids is 1. The lowest BCUT2D eigenvalue weighted by Gasteiger charge is -2.21. The number of hydrogen-bond acceptors (Lipinski definition) is 6. The molecule has 0 aromatic carbocycles. The number of esters is 1. The van der Waals surface area contributed by atoms with Crippen LogP contribution in [0.2, 0.25) is 0 Å². The van der Waals surface area contributed by atoms with Crippen molar-refractivity contribution in [1.82, 2.24) is 24.1 Å². The van der Waals surface area contributed by atoms with E-state index in [-0.39, 0.29) is 11.9 Å². The molecule has 0 saturated heterocycles. The molecule has 0 aliphatic carbocycles. The highest BCUT2D eigenvalue weighted by atomic mass is 32.1. The zero-order valence-electron chi connectivity index (χ0n) is 12.1. The molecule has 0 N–H and O–H groups in total. The number of fused-ring (bicyclic) bond motifs is 2. The van der Waals surface area contributed by atoms with Crippen molar-refractivity contribution >= 4 is 22.3 Å². The van der Waals surface area contributed by atoms with Gasteiger partial charge in [-0.3, -0.25) is 9.20 Å². The predicted molar refractivity (Wildman–Crippen MR) is 79.7 cm³/mol. The van der Waals surface area contributed by atoms with Crippen LogP contribution < -0.4 is 0 Å². The van der Waals surface area contributed by atoms with Crippen molar-refractivity contribution in [1.29, 1.82) is 0 Å². The third-order valence-electron chi connectivity index (χ3n) is 4.05. The van der Waals surface area contributed by atoms with E-state index >= 15 is 0 Å². The van der Waals surface area contributed by atoms with Crippen LogP contribution in [-0.2, 0) is 28.9 Å². The van der Waals surface area contributed by atoms with Gasteiger partial charge in [0.05, 0.1) is 25.1 Å². The van der Waals surface area contributed by atoms with Crippen molar-refractivity contribution in [2.75, 3.05) is 7.11 Å². The molecule has 114 valence electrons. The van der Waals surface area contributed by atoms with Crippen LogP contribution in [0.25, 0.3) is 4.96 Å². The van der Waals surface area contributed by atoms with Crippen LogP contribution in [0.3, 0.4) is 0 Å². The number of imidazole rings is 1. The van der Waals surface area contributed by atoms with E-state index < -0.39 is 0 Å². The Balaban J connectivity index is 1.56. The first kappa shape index (κ1) is 13.4. The van der Waals surface area contributed by atoms with E-state index in [4.69, 9.17) is 4.74 Å². The van der Waals surface area contributed by atoms with Crippen LogP contribution in [0.15, 0.2) is 17.8 Å². The average molecular weight is 317 g/mol. The molecule has 8 heteroatoms. The zero-order chi connectivity index (χ0) is 15.1. The quantitative estimate of drug-likeness (QED) is 0.681. The molecule has 1 unspecified atom stereocenters. The van der Waals surface area contributed by atoms with E-state index in [0.29, 0.717) is 12.8 Å². The summed E-state index contributed by atoms with van der Waals surface area (Å²) in [6, 6.07) is 0. The Labute approximate surface area is 130 Å². The topological polar surface area (TPSA) is 74.3 Å². The molecule has 4 rings (SSSR count). The second kappa shape index (κ2) is 5.20. The summed E-state index contributed by atoms with van der Waals surface area (Å²) in [6.45, 7) is 0.750. The maximum atomic E-state index is 11.7. The number of methoxy groups -OCH3 is 1. The van der Waals surface area contributed by atoms with Crippen molar-refractivity contribution in [3.8, 4) is 0 Å². The minimum absolute atomic E-state index is 0.104. The Hall–Kier alpha value is -2.22. The summed E-state index contributed by atoms with van der Waals surface area (Å²) in [7, 11) is 1.43. The maximum absolute atomic E-state index is 11.7. The minimum Gasteiger partial charge on any atom is -0.469 e. The highest BCUT2D eigenvalue weighted by molar-refractivity contribution is 7.15. The molecule has 3 aromatic heterocycles. The molecule has 1 aliphatic rings. The number of rotatable bonds is 3. The van der Waals surface area contributed by atoms with E-state index in [9.17, 15) is 4.79 Å². The van der Waals surface area contributed by atoms with Gasteiger partial charge in [-0.2, -0.15) is 0 Å². The molecule has 0 saturated carbocycles. The minimum atomic E-state index is -0.162. The average Bonchev–Trinajstić information content (AvgIpc) is 3.21. The summed E-state index contributed by atoms with van der Waals surface area (Å²) < 4.78 is 8.94. The largest absolute Gasteiger partial charge is 0.469 e. The van der Waals surface area contributed by atoms with Crippen LogP contribution in [-0.4, -0.2) is 37.2 Å². The summed E-state index contributed by atoms with van der Waals surface area (Å²) in [5.74, 6) is 1.50. The van der Waals surface area contributed by atoms with Gasteiger partial charge in [-0.1, -0.05) is 0 Å². The fourth-order valence-electron chi connectivity index (χ4n) is 2.91. The van der Waals surface area contributed by atoms with Crippen molar-refractivity contribution in [3.63, 3.8) is 0 Å². The van der Waals surface area contributed by atoms with Crippen LogP contribution in [0.1, 0.15) is 23.8 Å². The summed E-state index contributed by atoms with van der Waals surface area (Å²) in [5.41, 5.74) is 0.983. The van der Waals surface area contributed by atoms with Crippen molar-refractivity contribution < 1.29 is 9.53 Å². The van der Waals surface area contributed by atoms with Crippen molar-refractivity contribution in [2.24, 2.45) is 5.92 Å². The van der Waals surface area contributed by atoms with Gasteiger partial charge in [0.15, 0.2) is 4.96 Å². The smallest absolute Gasteiger partial charge is 0.309 e. The first-order chi connectivity index (χ1) is 10.7. The van der Waals surface area contributed by atoms with E-state index in [2.05, 4.69) is 19.7 Å². The van der Waals surface area contributed by atoms with Gasteiger partial charge >= 0.3 is 5.97 Å². The van der Waals surface area contributed by atoms with Gasteiger partial charge < -0.3 is 9.30 Å². The molecule has 22 heavy (non-hydrogen) atoms. The van der Waals surface area contributed by atoms with Gasteiger partial charge in [0.1, 0.15) is 11.6 Å². The van der Waals surface area contributed by atoms with E-state index in [1.54, 1.807) is 11.3 Å². The highest BCUT2D eigenvalue weighted by Crippen LogP contribution is 2.22. The predicted octanol–water partition coefficient (Wildman–Crippen LogP) is 1.31. The Morgan fingerprint density at radius 3 is 3.23 bits per heavy atom. The number of carbonyl (C=O) groups is 1. The molecule has 1 aliphatic heterocycles. The number of aromatic nitrogens is 5. The molecule has 0 radical (unpaired) electrons. The maximum Gasteiger partial charge on any atom is 0.309 e. The lowest BCUT2D eigenvalue weighted by Crippen LogP contribution is -2.27. The normalized spacial score (nSPS) is 17.6. The van der Waals surface area contributed by atoms with Crippen LogP contribution in [0, 0.1) is 5.92 Å². The van der Waals surface area contributed by atoms with Gasteiger partial charge in [0, 0.05) is 30.7 Å². The first-order valence-electron chi connectivity index (χ1n) is 7.14. The standard InChI is InChI=1S/C14H15N5O2S/c1-21-13(20)9-2-3-19-11(6-9)16-17-12(19)7-10-8-18-4-5-22-14(18)15-10/h4-5,8-9H,2-3,6-7H2,1H3. The van der Waals surface area contributed by atoms with Crippen LogP contribution >= 0.6 is 11.3 Å². The van der Waals surface area contributed by atoms with E-state index in [1.165, 1.54) is 7.11 Å². The molecule has 7 nitrogen and oxygen atoms in total. The van der Waals surface area contributed by atoms with Gasteiger partial charge in [0.2, 0.25) is 0 Å². The zero-order valence-corrected chi connectivity index (χ0v) is 12.9. The Kier molecular flexibility index (Phi) is 3.18. The Morgan fingerprint density at radius 2 is 2.41 bits per heavy atom. The molecular weight excluding hydrogens is 302 g/mol. The fourth-order valence-corrected chi connectivity index (χ4v) is 3.63. The second-order valence-corrected chi connectivity index (χ2v) is 6.27. The highest BCUT2D eigenvalue weighted by Gasteiger charge is 2.28. The number of hydrogen-bond donors (Lipinski definition) is 0. The summed E-state index contributed by atoms with van der Waals surface area (Å²) in [6.07, 6.45) is 6.04. The molecule has 0 fully saturated rings. The number of nitrogens with zero attached hydrogens (tertiary/aromatic N) is 5. The number of ether oxygens (including phenoxy) is 1. The summed E-state index contributed by atoms with van der Waals surface area (Å²) in [4.78, 5) is 17.2. The van der Waals surface area contributed by atoms with E-state index in [0.717, 1.165) is 35.3 Å². The lowest BCUT2D eigenvalue weighted by atomic mass is 9.98. The fraction of sp³-hybridized carbons (Fsp3) is 0.429. The molecule has 3 aromatic rings. The van der Waals surface area contributed by atoms with Gasteiger partial charge in [-0.05, 0) is 6.42 Å². The van der Waals surface area contributed by atoms with Crippen LogP contribution in [0.4, 0.5) is 0 Å². The molecule has 1 atom stereocenters. The Morgan fingerprint density at radius 1 is 1.50 bits per heavy atom. The van der Waals surface area contributed by atoms with E-state index in [1.807, 2.05) is 22.2 Å². The van der Waals surface area contributed by atoms with Gasteiger partial charge in [0.25, 0.3) is 0 Å². The lowest BCUT2D eigenvalue weighted by molar-refractivity contribution is -0.146. The summed E-state index contributed by atoms with van der Waals surface area (Å²) >= 11 is 1.61. The second-order valence-electron chi connectivity index (χ2n) is 5.40. The SMILES string of the molecule is COC(=O)C1CCn2c(Cc3cn4ccsc4n3)nnc2C1. The molecule has 0 spiro atoms. The van der Waals surface area contributed by atoms with Gasteiger partial charge in [-0.25, -0.2) is 4.98 Å². The molecule has 0 bridgehead atoms. The third kappa shape index (κ3) is 2.19. The van der Waals surface area contributed by atoms with Gasteiger partial charge in [-0.15, -0.1) is 21.5 Å². The van der Waals surface area contributed by atoms with Crippen molar-refractivity contribution in [3.05, 3.63) is 35.1 Å². The Bertz CT molecular complexity index is 805. The van der Waals surface area contributed by atoms with Crippen LogP contribution in [0.5, 0.6) is 0 Å². The monoisotopic (exact) mass is 317 g/mol.